The molecule has 0 amide bonds. The van der Waals surface area contributed by atoms with Gasteiger partial charge in [-0.3, -0.25) is 14.3 Å². The Morgan fingerprint density at radius 3 is 2.74 bits per heavy atom. The third kappa shape index (κ3) is 4.43. The van der Waals surface area contributed by atoms with Crippen LogP contribution in [0.4, 0.5) is 0 Å². The van der Waals surface area contributed by atoms with E-state index >= 15 is 0 Å². The molecule has 0 saturated heterocycles. The Labute approximate surface area is 170 Å². The van der Waals surface area contributed by atoms with E-state index in [1.54, 1.807) is 38.4 Å². The normalized spacial score (nSPS) is 12.0. The Morgan fingerprint density at radius 1 is 1.26 bits per heavy atom. The lowest BCUT2D eigenvalue weighted by atomic mass is 10.2. The van der Waals surface area contributed by atoms with E-state index in [1.165, 1.54) is 11.8 Å². The summed E-state index contributed by atoms with van der Waals surface area (Å²) in [6.07, 6.45) is 3.38. The quantitative estimate of drug-likeness (QED) is 0.424. The van der Waals surface area contributed by atoms with Crippen LogP contribution in [0.2, 0.25) is 10.0 Å². The van der Waals surface area contributed by atoms with Crippen molar-refractivity contribution in [3.63, 3.8) is 0 Å². The van der Waals surface area contributed by atoms with Gasteiger partial charge in [0.15, 0.2) is 11.0 Å². The molecular weight excluding hydrogens is 407 g/mol. The lowest BCUT2D eigenvalue weighted by Crippen LogP contribution is -2.17. The van der Waals surface area contributed by atoms with Crippen LogP contribution in [0.1, 0.15) is 13.8 Å². The van der Waals surface area contributed by atoms with Crippen molar-refractivity contribution < 1.29 is 9.53 Å². The Hall–Kier alpha value is -2.09. The predicted molar refractivity (Wildman–Crippen MR) is 107 cm³/mol. The molecule has 0 fully saturated rings. The summed E-state index contributed by atoms with van der Waals surface area (Å²) in [6, 6.07) is 8.95. The number of hydrogen-bond acceptors (Lipinski definition) is 6. The molecular formula is C18H16Cl2N4O2S. The van der Waals surface area contributed by atoms with Crippen LogP contribution in [0, 0.1) is 0 Å². The van der Waals surface area contributed by atoms with Crippen LogP contribution < -0.4 is 0 Å². The molecule has 0 N–H and O–H groups in total. The van der Waals surface area contributed by atoms with Crippen molar-refractivity contribution in [2.75, 3.05) is 6.61 Å². The fourth-order valence-electron chi connectivity index (χ4n) is 2.35. The molecule has 0 spiro atoms. The van der Waals surface area contributed by atoms with E-state index in [0.29, 0.717) is 27.6 Å². The molecule has 27 heavy (non-hydrogen) atoms. The summed E-state index contributed by atoms with van der Waals surface area (Å²) in [6.45, 7) is 3.86. The van der Waals surface area contributed by atoms with Gasteiger partial charge in [0.2, 0.25) is 0 Å². The third-order valence-corrected chi connectivity index (χ3v) is 5.38. The van der Waals surface area contributed by atoms with Crippen LogP contribution in [0.15, 0.2) is 47.9 Å². The molecule has 0 saturated carbocycles. The molecule has 1 aromatic carbocycles. The van der Waals surface area contributed by atoms with Gasteiger partial charge in [0, 0.05) is 18.0 Å². The van der Waals surface area contributed by atoms with Gasteiger partial charge in [-0.05, 0) is 44.2 Å². The Kier molecular flexibility index (Phi) is 6.36. The van der Waals surface area contributed by atoms with Crippen LogP contribution in [-0.2, 0) is 9.53 Å². The molecule has 0 aliphatic carbocycles. The van der Waals surface area contributed by atoms with Crippen LogP contribution in [0.25, 0.3) is 17.1 Å². The van der Waals surface area contributed by atoms with Gasteiger partial charge < -0.3 is 4.74 Å². The first kappa shape index (κ1) is 19.7. The Bertz CT molecular complexity index is 950. The highest BCUT2D eigenvalue weighted by atomic mass is 35.5. The van der Waals surface area contributed by atoms with E-state index in [-0.39, 0.29) is 5.97 Å². The summed E-state index contributed by atoms with van der Waals surface area (Å²) in [5, 5.41) is 9.51. The molecule has 0 bridgehead atoms. The zero-order chi connectivity index (χ0) is 19.4. The van der Waals surface area contributed by atoms with E-state index in [4.69, 9.17) is 27.9 Å². The second-order valence-corrected chi connectivity index (χ2v) is 7.62. The molecule has 3 aromatic rings. The van der Waals surface area contributed by atoms with E-state index in [9.17, 15) is 4.79 Å². The third-order valence-electron chi connectivity index (χ3n) is 3.62. The summed E-state index contributed by atoms with van der Waals surface area (Å²) in [4.78, 5) is 16.2. The first-order chi connectivity index (χ1) is 13.0. The number of benzene rings is 1. The highest BCUT2D eigenvalue weighted by molar-refractivity contribution is 8.00. The number of carbonyl (C=O) groups is 1. The van der Waals surface area contributed by atoms with Crippen molar-refractivity contribution in [2.24, 2.45) is 0 Å². The molecule has 2 heterocycles. The van der Waals surface area contributed by atoms with Crippen molar-refractivity contribution in [3.05, 3.63) is 52.8 Å². The minimum Gasteiger partial charge on any atom is -0.465 e. The molecule has 1 atom stereocenters. The standard InChI is InChI=1S/C18H16Cl2N4O2S/c1-3-26-17(25)11(2)27-18-23-22-16(12-5-4-8-21-10-12)24(18)13-6-7-14(19)15(20)9-13/h4-11H,3H2,1-2H3. The summed E-state index contributed by atoms with van der Waals surface area (Å²) in [5.74, 6) is 0.272. The fourth-order valence-corrected chi connectivity index (χ4v) is 3.51. The minimum atomic E-state index is -0.447. The Morgan fingerprint density at radius 2 is 2.07 bits per heavy atom. The molecule has 0 aliphatic rings. The van der Waals surface area contributed by atoms with Crippen LogP contribution in [0.5, 0.6) is 0 Å². The zero-order valence-electron chi connectivity index (χ0n) is 14.6. The van der Waals surface area contributed by atoms with Gasteiger partial charge in [-0.2, -0.15) is 0 Å². The molecule has 3 rings (SSSR count). The van der Waals surface area contributed by atoms with E-state index in [2.05, 4.69) is 15.2 Å². The van der Waals surface area contributed by atoms with Crippen LogP contribution >= 0.6 is 35.0 Å². The summed E-state index contributed by atoms with van der Waals surface area (Å²) in [5.41, 5.74) is 1.51. The van der Waals surface area contributed by atoms with E-state index in [1.807, 2.05) is 22.8 Å². The maximum Gasteiger partial charge on any atom is 0.319 e. The van der Waals surface area contributed by atoms with Gasteiger partial charge >= 0.3 is 5.97 Å². The molecule has 2 aromatic heterocycles. The number of nitrogens with zero attached hydrogens (tertiary/aromatic N) is 4. The topological polar surface area (TPSA) is 69.9 Å². The number of thioether (sulfide) groups is 1. The SMILES string of the molecule is CCOC(=O)C(C)Sc1nnc(-c2cccnc2)n1-c1ccc(Cl)c(Cl)c1. The summed E-state index contributed by atoms with van der Waals surface area (Å²) < 4.78 is 6.90. The number of rotatable bonds is 6. The van der Waals surface area contributed by atoms with Gasteiger partial charge in [-0.15, -0.1) is 10.2 Å². The fraction of sp³-hybridized carbons (Fsp3) is 0.222. The molecule has 140 valence electrons. The smallest absolute Gasteiger partial charge is 0.319 e. The highest BCUT2D eigenvalue weighted by Crippen LogP contribution is 2.32. The second-order valence-electron chi connectivity index (χ2n) is 5.49. The number of halogens is 2. The van der Waals surface area contributed by atoms with Gasteiger partial charge in [0.05, 0.1) is 22.3 Å². The van der Waals surface area contributed by atoms with Crippen LogP contribution in [0.3, 0.4) is 0 Å². The van der Waals surface area contributed by atoms with Crippen molar-refractivity contribution in [1.29, 1.82) is 0 Å². The van der Waals surface area contributed by atoms with Crippen molar-refractivity contribution >= 4 is 40.9 Å². The monoisotopic (exact) mass is 422 g/mol. The highest BCUT2D eigenvalue weighted by Gasteiger charge is 2.23. The molecule has 6 nitrogen and oxygen atoms in total. The average Bonchev–Trinajstić information content (AvgIpc) is 3.08. The number of pyridine rings is 1. The number of hydrogen-bond donors (Lipinski definition) is 0. The van der Waals surface area contributed by atoms with Crippen molar-refractivity contribution in [1.82, 2.24) is 19.7 Å². The first-order valence-corrected chi connectivity index (χ1v) is 9.79. The van der Waals surface area contributed by atoms with Crippen molar-refractivity contribution in [3.8, 4) is 17.1 Å². The van der Waals surface area contributed by atoms with Gasteiger partial charge in [-0.1, -0.05) is 35.0 Å². The summed E-state index contributed by atoms with van der Waals surface area (Å²) in [7, 11) is 0. The number of carbonyl (C=O) groups excluding carboxylic acids is 1. The molecule has 0 aliphatic heterocycles. The van der Waals surface area contributed by atoms with E-state index in [0.717, 1.165) is 11.3 Å². The van der Waals surface area contributed by atoms with Gasteiger partial charge in [0.25, 0.3) is 0 Å². The lowest BCUT2D eigenvalue weighted by molar-refractivity contribution is -0.142. The second kappa shape index (κ2) is 8.73. The molecule has 1 unspecified atom stereocenters. The van der Waals surface area contributed by atoms with E-state index < -0.39 is 5.25 Å². The maximum atomic E-state index is 12.0. The Balaban J connectivity index is 2.07. The zero-order valence-corrected chi connectivity index (χ0v) is 16.9. The van der Waals surface area contributed by atoms with Gasteiger partial charge in [-0.25, -0.2) is 0 Å². The molecule has 0 radical (unpaired) electrons. The predicted octanol–water partition coefficient (Wildman–Crippen LogP) is 4.68. The van der Waals surface area contributed by atoms with Crippen LogP contribution in [-0.4, -0.2) is 37.6 Å². The van der Waals surface area contributed by atoms with Gasteiger partial charge in [0.1, 0.15) is 5.25 Å². The molecule has 9 heteroatoms. The number of esters is 1. The number of ether oxygens (including phenoxy) is 1. The number of aromatic nitrogens is 4. The first-order valence-electron chi connectivity index (χ1n) is 8.15. The summed E-state index contributed by atoms with van der Waals surface area (Å²) >= 11 is 13.5. The maximum absolute atomic E-state index is 12.0. The average molecular weight is 423 g/mol. The largest absolute Gasteiger partial charge is 0.465 e. The van der Waals surface area contributed by atoms with Crippen molar-refractivity contribution in [2.45, 2.75) is 24.3 Å². The lowest BCUT2D eigenvalue weighted by Gasteiger charge is -2.13. The minimum absolute atomic E-state index is 0.311.